The molecule has 102 valence electrons. The highest BCUT2D eigenvalue weighted by Crippen LogP contribution is 2.19. The fourth-order valence-electron chi connectivity index (χ4n) is 1.96. The highest BCUT2D eigenvalue weighted by molar-refractivity contribution is 5.46. The SMILES string of the molecule is CCNCc1occc1CN(C)c1cccc(F)c1. The molecule has 0 fully saturated rings. The summed E-state index contributed by atoms with van der Waals surface area (Å²) in [6.45, 7) is 4.37. The maximum Gasteiger partial charge on any atom is 0.125 e. The third-order valence-corrected chi connectivity index (χ3v) is 3.03. The zero-order valence-electron chi connectivity index (χ0n) is 11.3. The second-order valence-electron chi connectivity index (χ2n) is 4.49. The highest BCUT2D eigenvalue weighted by atomic mass is 19.1. The number of anilines is 1. The lowest BCUT2D eigenvalue weighted by atomic mass is 10.2. The molecule has 0 radical (unpaired) electrons. The van der Waals surface area contributed by atoms with Crippen LogP contribution in [0.4, 0.5) is 10.1 Å². The molecule has 1 aromatic carbocycles. The van der Waals surface area contributed by atoms with Crippen LogP contribution in [0.3, 0.4) is 0 Å². The van der Waals surface area contributed by atoms with Gasteiger partial charge in [0, 0.05) is 24.8 Å². The van der Waals surface area contributed by atoms with Gasteiger partial charge in [0.2, 0.25) is 0 Å². The molecule has 1 aromatic heterocycles. The molecule has 0 amide bonds. The summed E-state index contributed by atoms with van der Waals surface area (Å²) in [7, 11) is 1.94. The molecule has 1 heterocycles. The number of rotatable bonds is 6. The average Bonchev–Trinajstić information content (AvgIpc) is 2.83. The number of hydrogen-bond donors (Lipinski definition) is 1. The van der Waals surface area contributed by atoms with E-state index >= 15 is 0 Å². The Kier molecular flexibility index (Phi) is 4.58. The Hall–Kier alpha value is -1.81. The minimum Gasteiger partial charge on any atom is -0.468 e. The number of benzene rings is 1. The molecule has 0 aliphatic carbocycles. The van der Waals surface area contributed by atoms with E-state index < -0.39 is 0 Å². The molecule has 19 heavy (non-hydrogen) atoms. The van der Waals surface area contributed by atoms with Gasteiger partial charge in [-0.25, -0.2) is 4.39 Å². The molecule has 0 atom stereocenters. The normalized spacial score (nSPS) is 10.7. The number of hydrogen-bond acceptors (Lipinski definition) is 3. The summed E-state index contributed by atoms with van der Waals surface area (Å²) in [6, 6.07) is 8.56. The Bertz CT molecular complexity index is 524. The first kappa shape index (κ1) is 13.6. The maximum absolute atomic E-state index is 13.2. The summed E-state index contributed by atoms with van der Waals surface area (Å²) in [4.78, 5) is 2.00. The van der Waals surface area contributed by atoms with Crippen LogP contribution in [0, 0.1) is 5.82 Å². The van der Waals surface area contributed by atoms with E-state index in [0.29, 0.717) is 6.54 Å². The fraction of sp³-hybridized carbons (Fsp3) is 0.333. The van der Waals surface area contributed by atoms with E-state index in [-0.39, 0.29) is 5.82 Å². The lowest BCUT2D eigenvalue weighted by molar-refractivity contribution is 0.482. The van der Waals surface area contributed by atoms with Crippen molar-refractivity contribution in [2.75, 3.05) is 18.5 Å². The second-order valence-corrected chi connectivity index (χ2v) is 4.49. The van der Waals surface area contributed by atoms with Gasteiger partial charge in [0.1, 0.15) is 11.6 Å². The second kappa shape index (κ2) is 6.38. The summed E-state index contributed by atoms with van der Waals surface area (Å²) < 4.78 is 18.7. The number of halogens is 1. The largest absolute Gasteiger partial charge is 0.468 e. The van der Waals surface area contributed by atoms with Crippen molar-refractivity contribution >= 4 is 5.69 Å². The van der Waals surface area contributed by atoms with Crippen LogP contribution < -0.4 is 10.2 Å². The summed E-state index contributed by atoms with van der Waals surface area (Å²) >= 11 is 0. The molecule has 4 heteroatoms. The van der Waals surface area contributed by atoms with Crippen LogP contribution in [0.2, 0.25) is 0 Å². The summed E-state index contributed by atoms with van der Waals surface area (Å²) in [5.41, 5.74) is 1.98. The minimum atomic E-state index is -0.218. The number of nitrogens with one attached hydrogen (secondary N) is 1. The van der Waals surface area contributed by atoms with E-state index in [4.69, 9.17) is 4.42 Å². The molecule has 2 rings (SSSR count). The highest BCUT2D eigenvalue weighted by Gasteiger charge is 2.09. The molecule has 0 saturated carbocycles. The standard InChI is InChI=1S/C15H19FN2O/c1-3-17-10-15-12(7-8-19-15)11-18(2)14-6-4-5-13(16)9-14/h4-9,17H,3,10-11H2,1-2H3. The van der Waals surface area contributed by atoms with E-state index in [2.05, 4.69) is 12.2 Å². The average molecular weight is 262 g/mol. The third-order valence-electron chi connectivity index (χ3n) is 3.03. The molecule has 1 N–H and O–H groups in total. The van der Waals surface area contributed by atoms with Gasteiger partial charge in [-0.3, -0.25) is 0 Å². The number of nitrogens with zero attached hydrogens (tertiary/aromatic N) is 1. The minimum absolute atomic E-state index is 0.218. The van der Waals surface area contributed by atoms with Crippen LogP contribution in [0.1, 0.15) is 18.2 Å². The van der Waals surface area contributed by atoms with Crippen molar-refractivity contribution in [3.05, 3.63) is 53.7 Å². The van der Waals surface area contributed by atoms with E-state index in [0.717, 1.165) is 30.1 Å². The van der Waals surface area contributed by atoms with Crippen LogP contribution in [0.5, 0.6) is 0 Å². The monoisotopic (exact) mass is 262 g/mol. The van der Waals surface area contributed by atoms with Crippen molar-refractivity contribution in [3.8, 4) is 0 Å². The molecule has 2 aromatic rings. The summed E-state index contributed by atoms with van der Waals surface area (Å²) in [5.74, 6) is 0.717. The van der Waals surface area contributed by atoms with Crippen molar-refractivity contribution in [2.45, 2.75) is 20.0 Å². The van der Waals surface area contributed by atoms with Crippen molar-refractivity contribution < 1.29 is 8.81 Å². The van der Waals surface area contributed by atoms with Gasteiger partial charge in [0.05, 0.1) is 12.8 Å². The molecule has 0 bridgehead atoms. The third kappa shape index (κ3) is 3.58. The molecule has 0 aliphatic heterocycles. The Morgan fingerprint density at radius 2 is 2.16 bits per heavy atom. The fourth-order valence-corrected chi connectivity index (χ4v) is 1.96. The van der Waals surface area contributed by atoms with Gasteiger partial charge in [-0.1, -0.05) is 13.0 Å². The Labute approximate surface area is 113 Å². The first-order valence-electron chi connectivity index (χ1n) is 6.43. The van der Waals surface area contributed by atoms with E-state index in [9.17, 15) is 4.39 Å². The van der Waals surface area contributed by atoms with Gasteiger partial charge in [-0.15, -0.1) is 0 Å². The Morgan fingerprint density at radius 1 is 1.32 bits per heavy atom. The van der Waals surface area contributed by atoms with Gasteiger partial charge in [-0.05, 0) is 30.8 Å². The van der Waals surface area contributed by atoms with Gasteiger partial charge in [-0.2, -0.15) is 0 Å². The van der Waals surface area contributed by atoms with Crippen LogP contribution in [-0.2, 0) is 13.1 Å². The zero-order valence-corrected chi connectivity index (χ0v) is 11.3. The quantitative estimate of drug-likeness (QED) is 0.866. The van der Waals surface area contributed by atoms with Crippen LogP contribution in [0.25, 0.3) is 0 Å². The zero-order chi connectivity index (χ0) is 13.7. The topological polar surface area (TPSA) is 28.4 Å². The lowest BCUT2D eigenvalue weighted by Crippen LogP contribution is -2.18. The predicted molar refractivity (Wildman–Crippen MR) is 74.6 cm³/mol. The molecule has 0 unspecified atom stereocenters. The van der Waals surface area contributed by atoms with Crippen molar-refractivity contribution in [2.24, 2.45) is 0 Å². The molecule has 0 spiro atoms. The maximum atomic E-state index is 13.2. The van der Waals surface area contributed by atoms with E-state index in [1.54, 1.807) is 12.3 Å². The summed E-state index contributed by atoms with van der Waals surface area (Å²) in [5, 5.41) is 3.24. The van der Waals surface area contributed by atoms with Crippen molar-refractivity contribution in [1.82, 2.24) is 5.32 Å². The van der Waals surface area contributed by atoms with Gasteiger partial charge < -0.3 is 14.6 Å². The van der Waals surface area contributed by atoms with E-state index in [1.807, 2.05) is 24.1 Å². The molecular weight excluding hydrogens is 243 g/mol. The Morgan fingerprint density at radius 3 is 2.89 bits per heavy atom. The first-order chi connectivity index (χ1) is 9.20. The van der Waals surface area contributed by atoms with Crippen LogP contribution in [0.15, 0.2) is 41.0 Å². The molecule has 0 saturated heterocycles. The lowest BCUT2D eigenvalue weighted by Gasteiger charge is -2.19. The van der Waals surface area contributed by atoms with Crippen LogP contribution in [-0.4, -0.2) is 13.6 Å². The molecule has 0 aliphatic rings. The van der Waals surface area contributed by atoms with E-state index in [1.165, 1.54) is 12.1 Å². The van der Waals surface area contributed by atoms with Gasteiger partial charge >= 0.3 is 0 Å². The van der Waals surface area contributed by atoms with Gasteiger partial charge in [0.25, 0.3) is 0 Å². The summed E-state index contributed by atoms with van der Waals surface area (Å²) in [6.07, 6.45) is 1.70. The Balaban J connectivity index is 2.06. The molecule has 3 nitrogen and oxygen atoms in total. The first-order valence-corrected chi connectivity index (χ1v) is 6.43. The number of furan rings is 1. The smallest absolute Gasteiger partial charge is 0.125 e. The van der Waals surface area contributed by atoms with Gasteiger partial charge in [0.15, 0.2) is 0 Å². The molecular formula is C15H19FN2O. The van der Waals surface area contributed by atoms with Crippen molar-refractivity contribution in [1.29, 1.82) is 0 Å². The predicted octanol–water partition coefficient (Wildman–Crippen LogP) is 3.16. The van der Waals surface area contributed by atoms with Crippen molar-refractivity contribution in [3.63, 3.8) is 0 Å². The van der Waals surface area contributed by atoms with Crippen LogP contribution >= 0.6 is 0 Å².